The maximum atomic E-state index is 6.86. The molecule has 0 N–H and O–H groups in total. The Balaban J connectivity index is 1.05. The van der Waals surface area contributed by atoms with Gasteiger partial charge in [-0.15, -0.1) is 0 Å². The van der Waals surface area contributed by atoms with Gasteiger partial charge in [-0.3, -0.25) is 0 Å². The molecule has 0 spiro atoms. The highest BCUT2D eigenvalue weighted by molar-refractivity contribution is 6.23. The van der Waals surface area contributed by atoms with E-state index in [9.17, 15) is 0 Å². The smallest absolute Gasteiger partial charge is 0.167 e. The zero-order valence-corrected chi connectivity index (χ0v) is 32.2. The van der Waals surface area contributed by atoms with Crippen LogP contribution in [0.4, 0.5) is 0 Å². The fourth-order valence-electron chi connectivity index (χ4n) is 9.33. The Kier molecular flexibility index (Phi) is 6.95. The molecule has 0 amide bonds. The van der Waals surface area contributed by atoms with Crippen molar-refractivity contribution in [2.24, 2.45) is 0 Å². The lowest BCUT2D eigenvalue weighted by Gasteiger charge is -2.13. The zero-order chi connectivity index (χ0) is 39.3. The molecule has 0 unspecified atom stereocenters. The van der Waals surface area contributed by atoms with Crippen LogP contribution >= 0.6 is 0 Å². The highest BCUT2D eigenvalue weighted by atomic mass is 16.3. The Morgan fingerprint density at radius 3 is 1.62 bits per heavy atom. The van der Waals surface area contributed by atoms with E-state index in [4.69, 9.17) is 19.4 Å². The van der Waals surface area contributed by atoms with E-state index < -0.39 is 0 Å². The monoisotopic (exact) mass is 764 g/mol. The summed E-state index contributed by atoms with van der Waals surface area (Å²) in [6.45, 7) is 0. The average Bonchev–Trinajstić information content (AvgIpc) is 3.85. The minimum atomic E-state index is 0.561. The van der Waals surface area contributed by atoms with Gasteiger partial charge in [-0.05, 0) is 92.3 Å². The number of rotatable bonds is 4. The molecule has 0 aliphatic carbocycles. The third-order valence-electron chi connectivity index (χ3n) is 12.2. The Morgan fingerprint density at radius 2 is 0.917 bits per heavy atom. The van der Waals surface area contributed by atoms with Gasteiger partial charge in [-0.25, -0.2) is 15.0 Å². The lowest BCUT2D eigenvalue weighted by Crippen LogP contribution is -2.00. The van der Waals surface area contributed by atoms with E-state index in [0.29, 0.717) is 17.5 Å². The van der Waals surface area contributed by atoms with E-state index in [-0.39, 0.29) is 0 Å². The van der Waals surface area contributed by atoms with Gasteiger partial charge < -0.3 is 8.98 Å². The fourth-order valence-corrected chi connectivity index (χ4v) is 9.33. The summed E-state index contributed by atoms with van der Waals surface area (Å²) < 4.78 is 9.31. The molecule has 0 aliphatic heterocycles. The van der Waals surface area contributed by atoms with Crippen molar-refractivity contribution in [1.29, 1.82) is 0 Å². The first kappa shape index (κ1) is 32.9. The predicted molar refractivity (Wildman–Crippen MR) is 248 cm³/mol. The van der Waals surface area contributed by atoms with Crippen LogP contribution < -0.4 is 0 Å². The molecule has 0 saturated heterocycles. The van der Waals surface area contributed by atoms with Crippen molar-refractivity contribution in [1.82, 2.24) is 19.5 Å². The van der Waals surface area contributed by atoms with Gasteiger partial charge in [0.15, 0.2) is 17.5 Å². The van der Waals surface area contributed by atoms with E-state index in [1.54, 1.807) is 0 Å². The van der Waals surface area contributed by atoms with Crippen molar-refractivity contribution >= 4 is 86.8 Å². The molecule has 0 radical (unpaired) electrons. The summed E-state index contributed by atoms with van der Waals surface area (Å²) in [5, 5.41) is 14.0. The van der Waals surface area contributed by atoms with Gasteiger partial charge in [0.1, 0.15) is 11.2 Å². The standard InChI is InChI=1S/C55H32N4O/c1-2-13-34(14-3-1)53-56-54(40-25-24-33-12-4-5-15-35(33)28-40)58-55(57-53)44-22-10-21-43-51-42-20-11-23-47(41(42)26-27-50(51)60-52(43)44)59-48-31-38-18-8-6-16-36(38)29-45(48)46-30-37-17-7-9-19-39(37)32-49(46)59/h1-32H. The third kappa shape index (κ3) is 4.96. The minimum absolute atomic E-state index is 0.561. The van der Waals surface area contributed by atoms with E-state index in [1.807, 2.05) is 30.3 Å². The van der Waals surface area contributed by atoms with Gasteiger partial charge in [0.2, 0.25) is 0 Å². The second kappa shape index (κ2) is 12.7. The van der Waals surface area contributed by atoms with E-state index in [2.05, 4.69) is 168 Å². The van der Waals surface area contributed by atoms with Crippen LogP contribution in [-0.2, 0) is 0 Å². The highest BCUT2D eigenvalue weighted by Gasteiger charge is 2.21. The molecule has 13 aromatic rings. The number of benzene rings is 10. The topological polar surface area (TPSA) is 56.7 Å². The van der Waals surface area contributed by atoms with Gasteiger partial charge in [-0.1, -0.05) is 140 Å². The van der Waals surface area contributed by atoms with Gasteiger partial charge in [-0.2, -0.15) is 0 Å². The largest absolute Gasteiger partial charge is 0.455 e. The molecule has 5 nitrogen and oxygen atoms in total. The van der Waals surface area contributed by atoms with Crippen LogP contribution in [0, 0.1) is 0 Å². The van der Waals surface area contributed by atoms with Gasteiger partial charge in [0.05, 0.1) is 22.3 Å². The minimum Gasteiger partial charge on any atom is -0.455 e. The van der Waals surface area contributed by atoms with Crippen molar-refractivity contribution in [3.8, 4) is 39.9 Å². The lowest BCUT2D eigenvalue weighted by atomic mass is 10.0. The first-order valence-electron chi connectivity index (χ1n) is 20.3. The van der Waals surface area contributed by atoms with Crippen LogP contribution in [0.3, 0.4) is 0 Å². The van der Waals surface area contributed by atoms with Gasteiger partial charge in [0, 0.05) is 38.1 Å². The number of fused-ring (bicyclic) bond motifs is 11. The van der Waals surface area contributed by atoms with Crippen molar-refractivity contribution in [3.05, 3.63) is 194 Å². The van der Waals surface area contributed by atoms with Crippen LogP contribution in [0.5, 0.6) is 0 Å². The van der Waals surface area contributed by atoms with E-state index in [0.717, 1.165) is 60.5 Å². The number of nitrogens with zero attached hydrogens (tertiary/aromatic N) is 4. The molecule has 0 saturated carbocycles. The molecule has 278 valence electrons. The quantitative estimate of drug-likeness (QED) is 0.179. The second-order valence-electron chi connectivity index (χ2n) is 15.6. The molecule has 0 bridgehead atoms. The van der Waals surface area contributed by atoms with Crippen molar-refractivity contribution in [2.45, 2.75) is 0 Å². The Morgan fingerprint density at radius 1 is 0.350 bits per heavy atom. The van der Waals surface area contributed by atoms with Crippen molar-refractivity contribution in [3.63, 3.8) is 0 Å². The van der Waals surface area contributed by atoms with Crippen LogP contribution in [-0.4, -0.2) is 19.5 Å². The number of furan rings is 1. The van der Waals surface area contributed by atoms with Crippen LogP contribution in [0.2, 0.25) is 0 Å². The Labute approximate surface area is 343 Å². The summed E-state index contributed by atoms with van der Waals surface area (Å²) in [4.78, 5) is 15.3. The normalized spacial score (nSPS) is 12.0. The fraction of sp³-hybridized carbons (Fsp3) is 0. The molecule has 0 fully saturated rings. The summed E-state index contributed by atoms with van der Waals surface area (Å²) in [5.74, 6) is 1.78. The van der Waals surface area contributed by atoms with Crippen molar-refractivity contribution in [2.75, 3.05) is 0 Å². The Bertz CT molecular complexity index is 3810. The number of hydrogen-bond acceptors (Lipinski definition) is 4. The summed E-state index contributed by atoms with van der Waals surface area (Å²) in [7, 11) is 0. The summed E-state index contributed by atoms with van der Waals surface area (Å²) in [6.07, 6.45) is 0. The van der Waals surface area contributed by atoms with Crippen LogP contribution in [0.15, 0.2) is 199 Å². The van der Waals surface area contributed by atoms with Gasteiger partial charge >= 0.3 is 0 Å². The molecule has 3 heterocycles. The summed E-state index contributed by atoms with van der Waals surface area (Å²) >= 11 is 0. The average molecular weight is 765 g/mol. The first-order chi connectivity index (χ1) is 29.7. The maximum absolute atomic E-state index is 6.86. The van der Waals surface area contributed by atoms with Crippen LogP contribution in [0.1, 0.15) is 0 Å². The molecule has 60 heavy (non-hydrogen) atoms. The molecule has 0 aliphatic rings. The molecular formula is C55H32N4O. The molecule has 10 aromatic carbocycles. The third-order valence-corrected chi connectivity index (χ3v) is 12.2. The Hall–Kier alpha value is -8.15. The molecule has 13 rings (SSSR count). The van der Waals surface area contributed by atoms with Crippen LogP contribution in [0.25, 0.3) is 127 Å². The number of para-hydroxylation sites is 1. The molecule has 5 heteroatoms. The second-order valence-corrected chi connectivity index (χ2v) is 15.6. The molecular weight excluding hydrogens is 733 g/mol. The number of hydrogen-bond donors (Lipinski definition) is 0. The molecule has 3 aromatic heterocycles. The highest BCUT2D eigenvalue weighted by Crippen LogP contribution is 2.43. The van der Waals surface area contributed by atoms with Crippen molar-refractivity contribution < 1.29 is 4.42 Å². The molecule has 0 atom stereocenters. The van der Waals surface area contributed by atoms with E-state index >= 15 is 0 Å². The zero-order valence-electron chi connectivity index (χ0n) is 32.2. The maximum Gasteiger partial charge on any atom is 0.167 e. The first-order valence-corrected chi connectivity index (χ1v) is 20.3. The van der Waals surface area contributed by atoms with E-state index in [1.165, 1.54) is 48.7 Å². The van der Waals surface area contributed by atoms with Gasteiger partial charge in [0.25, 0.3) is 0 Å². The SMILES string of the molecule is c1ccc(-c2nc(-c3ccc4ccccc4c3)nc(-c3cccc4c3oc3ccc5c(-n6c7cc8ccccc8cc7c7cc8ccccc8cc76)cccc5c34)n2)cc1. The predicted octanol–water partition coefficient (Wildman–Crippen LogP) is 14.5. The number of aromatic nitrogens is 4. The lowest BCUT2D eigenvalue weighted by molar-refractivity contribution is 0.670. The summed E-state index contributed by atoms with van der Waals surface area (Å²) in [6, 6.07) is 68.8. The summed E-state index contributed by atoms with van der Waals surface area (Å²) in [5.41, 5.74) is 7.70.